The molecule has 2 saturated carbocycles. The van der Waals surface area contributed by atoms with Gasteiger partial charge in [0.1, 0.15) is 11.2 Å². The Morgan fingerprint density at radius 3 is 2.79 bits per heavy atom. The fourth-order valence-corrected chi connectivity index (χ4v) is 5.04. The lowest BCUT2D eigenvalue weighted by Crippen LogP contribution is -2.48. The molecule has 0 radical (unpaired) electrons. The second-order valence-electron chi connectivity index (χ2n) is 8.84. The van der Waals surface area contributed by atoms with Crippen molar-refractivity contribution in [1.29, 1.82) is 0 Å². The summed E-state index contributed by atoms with van der Waals surface area (Å²) in [6, 6.07) is 2.26. The van der Waals surface area contributed by atoms with E-state index >= 15 is 0 Å². The van der Waals surface area contributed by atoms with E-state index in [1.807, 2.05) is 0 Å². The number of nitrogens with zero attached hydrogens (tertiary/aromatic N) is 3. The number of alkyl halides is 3. The average molecular weight is 408 g/mol. The van der Waals surface area contributed by atoms with Gasteiger partial charge >= 0.3 is 6.18 Å². The molecule has 3 atom stereocenters. The molecule has 1 saturated heterocycles. The Morgan fingerprint density at radius 1 is 1.34 bits per heavy atom. The SMILES string of the molecule is C[C@]12CCO[C@@H]1C(CC(=O)Nc1nc3ccc(C(F)(F)F)nc3n1C1CCC1)C2. The minimum absolute atomic E-state index is 0.0106. The van der Waals surface area contributed by atoms with E-state index in [9.17, 15) is 18.0 Å². The molecule has 156 valence electrons. The van der Waals surface area contributed by atoms with Gasteiger partial charge < -0.3 is 4.74 Å². The van der Waals surface area contributed by atoms with E-state index in [4.69, 9.17) is 4.74 Å². The number of ether oxygens (including phenoxy) is 1. The van der Waals surface area contributed by atoms with Crippen molar-refractivity contribution in [2.45, 2.75) is 63.8 Å². The molecule has 9 heteroatoms. The normalized spacial score (nSPS) is 29.4. The molecule has 3 fully saturated rings. The molecule has 3 aliphatic rings. The maximum atomic E-state index is 13.1. The first-order valence-corrected chi connectivity index (χ1v) is 10.1. The van der Waals surface area contributed by atoms with Crippen LogP contribution in [0.5, 0.6) is 0 Å². The second kappa shape index (κ2) is 6.42. The van der Waals surface area contributed by atoms with Gasteiger partial charge in [0, 0.05) is 19.1 Å². The molecule has 6 nitrogen and oxygen atoms in total. The van der Waals surface area contributed by atoms with Crippen LogP contribution >= 0.6 is 0 Å². The van der Waals surface area contributed by atoms with Crippen LogP contribution in [0.2, 0.25) is 0 Å². The number of pyridine rings is 1. The number of halogens is 3. The van der Waals surface area contributed by atoms with Crippen LogP contribution in [0, 0.1) is 11.3 Å². The molecule has 2 aliphatic carbocycles. The molecule has 1 N–H and O–H groups in total. The lowest BCUT2D eigenvalue weighted by Gasteiger charge is -2.47. The van der Waals surface area contributed by atoms with Crippen molar-refractivity contribution in [1.82, 2.24) is 14.5 Å². The lowest BCUT2D eigenvalue weighted by atomic mass is 9.59. The van der Waals surface area contributed by atoms with Crippen LogP contribution in [0.25, 0.3) is 11.2 Å². The van der Waals surface area contributed by atoms with Gasteiger partial charge in [-0.25, -0.2) is 9.97 Å². The Balaban J connectivity index is 1.40. The van der Waals surface area contributed by atoms with Crippen LogP contribution in [0.1, 0.15) is 57.2 Å². The Labute approximate surface area is 165 Å². The predicted molar refractivity (Wildman–Crippen MR) is 99.2 cm³/mol. The van der Waals surface area contributed by atoms with Crippen molar-refractivity contribution >= 4 is 23.0 Å². The molecule has 2 aromatic heterocycles. The second-order valence-corrected chi connectivity index (χ2v) is 8.84. The van der Waals surface area contributed by atoms with Crippen molar-refractivity contribution in [3.63, 3.8) is 0 Å². The topological polar surface area (TPSA) is 69.0 Å². The number of imidazole rings is 1. The van der Waals surface area contributed by atoms with E-state index in [0.717, 1.165) is 44.8 Å². The molecule has 1 aliphatic heterocycles. The van der Waals surface area contributed by atoms with Crippen molar-refractivity contribution in [3.05, 3.63) is 17.8 Å². The van der Waals surface area contributed by atoms with E-state index in [1.165, 1.54) is 6.07 Å². The van der Waals surface area contributed by atoms with Crippen LogP contribution in [0.4, 0.5) is 19.1 Å². The molecule has 29 heavy (non-hydrogen) atoms. The van der Waals surface area contributed by atoms with E-state index in [-0.39, 0.29) is 41.0 Å². The summed E-state index contributed by atoms with van der Waals surface area (Å²) in [5, 5.41) is 2.83. The molecular weight excluding hydrogens is 385 g/mol. The van der Waals surface area contributed by atoms with Crippen LogP contribution in [0.3, 0.4) is 0 Å². The van der Waals surface area contributed by atoms with E-state index in [1.54, 1.807) is 4.57 Å². The molecule has 5 rings (SSSR count). The van der Waals surface area contributed by atoms with Gasteiger partial charge in [0.15, 0.2) is 5.65 Å². The zero-order valence-corrected chi connectivity index (χ0v) is 16.1. The number of anilines is 1. The lowest BCUT2D eigenvalue weighted by molar-refractivity contribution is -0.141. The third kappa shape index (κ3) is 3.10. The van der Waals surface area contributed by atoms with Crippen LogP contribution < -0.4 is 5.32 Å². The van der Waals surface area contributed by atoms with Gasteiger partial charge in [0.25, 0.3) is 0 Å². The standard InChI is InChI=1S/C20H23F3N4O2/c1-19-7-8-29-16(19)11(10-19)9-15(28)26-18-24-13-5-6-14(20(21,22)23)25-17(13)27(18)12-3-2-4-12/h5-6,11-12,16H,2-4,7-10H2,1H3,(H,24,26,28)/t11?,16-,19-/m1/s1. The summed E-state index contributed by atoms with van der Waals surface area (Å²) in [7, 11) is 0. The minimum Gasteiger partial charge on any atom is -0.377 e. The first-order chi connectivity index (χ1) is 13.7. The first-order valence-electron chi connectivity index (χ1n) is 10.1. The van der Waals surface area contributed by atoms with Gasteiger partial charge in [-0.05, 0) is 55.6 Å². The summed E-state index contributed by atoms with van der Waals surface area (Å²) in [4.78, 5) is 20.9. The maximum absolute atomic E-state index is 13.1. The highest BCUT2D eigenvalue weighted by Gasteiger charge is 2.54. The van der Waals surface area contributed by atoms with Crippen molar-refractivity contribution in [2.24, 2.45) is 11.3 Å². The molecule has 3 heterocycles. The Bertz CT molecular complexity index is 969. The number of rotatable bonds is 4. The highest BCUT2D eigenvalue weighted by atomic mass is 19.4. The number of aromatic nitrogens is 3. The van der Waals surface area contributed by atoms with E-state index < -0.39 is 11.9 Å². The maximum Gasteiger partial charge on any atom is 0.433 e. The summed E-state index contributed by atoms with van der Waals surface area (Å²) < 4.78 is 46.8. The van der Waals surface area contributed by atoms with Gasteiger partial charge in [0.2, 0.25) is 11.9 Å². The number of hydrogen-bond acceptors (Lipinski definition) is 4. The van der Waals surface area contributed by atoms with Crippen LogP contribution in [0.15, 0.2) is 12.1 Å². The van der Waals surface area contributed by atoms with Gasteiger partial charge in [-0.15, -0.1) is 0 Å². The summed E-state index contributed by atoms with van der Waals surface area (Å²) in [5.41, 5.74) is -0.233. The van der Waals surface area contributed by atoms with Gasteiger partial charge in [0.05, 0.1) is 6.10 Å². The Kier molecular flexibility index (Phi) is 4.17. The van der Waals surface area contributed by atoms with Crippen LogP contribution in [-0.4, -0.2) is 33.2 Å². The van der Waals surface area contributed by atoms with Gasteiger partial charge in [-0.2, -0.15) is 13.2 Å². The molecule has 2 aromatic rings. The number of amides is 1. The number of carbonyl (C=O) groups is 1. The summed E-state index contributed by atoms with van der Waals surface area (Å²) in [6.07, 6.45) is 0.582. The van der Waals surface area contributed by atoms with Crippen molar-refractivity contribution in [3.8, 4) is 0 Å². The highest BCUT2D eigenvalue weighted by Crippen LogP contribution is 2.55. The quantitative estimate of drug-likeness (QED) is 0.818. The third-order valence-corrected chi connectivity index (χ3v) is 6.78. The van der Waals surface area contributed by atoms with Crippen LogP contribution in [-0.2, 0) is 15.7 Å². The molecule has 1 amide bonds. The zero-order chi connectivity index (χ0) is 20.4. The summed E-state index contributed by atoms with van der Waals surface area (Å²) in [6.45, 7) is 2.93. The number of nitrogens with one attached hydrogen (secondary N) is 1. The fourth-order valence-electron chi connectivity index (χ4n) is 5.04. The third-order valence-electron chi connectivity index (χ3n) is 6.78. The number of hydrogen-bond donors (Lipinski definition) is 1. The van der Waals surface area contributed by atoms with Gasteiger partial charge in [-0.1, -0.05) is 6.92 Å². The van der Waals surface area contributed by atoms with Gasteiger partial charge in [-0.3, -0.25) is 14.7 Å². The molecule has 0 bridgehead atoms. The molecule has 0 aromatic carbocycles. The Hall–Kier alpha value is -2.16. The number of carbonyl (C=O) groups excluding carboxylic acids is 1. The fraction of sp³-hybridized carbons (Fsp3) is 0.650. The molecule has 1 unspecified atom stereocenters. The molecular formula is C20H23F3N4O2. The largest absolute Gasteiger partial charge is 0.433 e. The zero-order valence-electron chi connectivity index (χ0n) is 16.1. The van der Waals surface area contributed by atoms with Crippen molar-refractivity contribution in [2.75, 3.05) is 11.9 Å². The molecule has 0 spiro atoms. The van der Waals surface area contributed by atoms with E-state index in [0.29, 0.717) is 11.9 Å². The monoisotopic (exact) mass is 408 g/mol. The summed E-state index contributed by atoms with van der Waals surface area (Å²) in [5.74, 6) is 0.286. The Morgan fingerprint density at radius 2 is 2.14 bits per heavy atom. The predicted octanol–water partition coefficient (Wildman–Crippen LogP) is 4.32. The average Bonchev–Trinajstić information content (AvgIpc) is 3.08. The number of fused-ring (bicyclic) bond motifs is 2. The minimum atomic E-state index is -4.52. The first kappa shape index (κ1) is 18.8. The van der Waals surface area contributed by atoms with E-state index in [2.05, 4.69) is 22.2 Å². The smallest absolute Gasteiger partial charge is 0.377 e. The highest BCUT2D eigenvalue weighted by molar-refractivity contribution is 5.91. The summed E-state index contributed by atoms with van der Waals surface area (Å²) >= 11 is 0. The van der Waals surface area contributed by atoms with Crippen molar-refractivity contribution < 1.29 is 22.7 Å².